The SMILES string of the molecule is CCCCC/C=C/C/C=C/C/C=C/CCCCC(=O)OC[C@H](COP(=O)([O-])OCC[N+](C)(C)C)OC(=O)CCCCCCC/C=C/CCCCCC. The van der Waals surface area contributed by atoms with Crippen LogP contribution < -0.4 is 4.89 Å². The number of allylic oxidation sites excluding steroid dienone is 8. The molecule has 0 spiro atoms. The van der Waals surface area contributed by atoms with E-state index in [-0.39, 0.29) is 26.1 Å². The van der Waals surface area contributed by atoms with Crippen molar-refractivity contribution in [1.82, 2.24) is 0 Å². The summed E-state index contributed by atoms with van der Waals surface area (Å²) in [5.74, 6) is -0.894. The van der Waals surface area contributed by atoms with Crippen LogP contribution in [0.3, 0.4) is 0 Å². The predicted octanol–water partition coefficient (Wildman–Crippen LogP) is 10.5. The highest BCUT2D eigenvalue weighted by Gasteiger charge is 2.21. The third-order valence-corrected chi connectivity index (χ3v) is 9.29. The van der Waals surface area contributed by atoms with E-state index in [1.54, 1.807) is 0 Å². The van der Waals surface area contributed by atoms with Crippen LogP contribution in [0, 0.1) is 0 Å². The molecule has 0 fully saturated rings. The second kappa shape index (κ2) is 34.7. The number of hydrogen-bond acceptors (Lipinski definition) is 8. The standard InChI is InChI=1S/C42H76NO8P/c1-6-8-10-12-14-16-18-20-21-23-24-26-28-30-32-34-41(44)48-38-40(39-50-52(46,47)49-37-36-43(3,4)5)51-42(45)35-33-31-29-27-25-22-19-17-15-13-11-9-7-2/h14,16-17,19-21,24,26,40H,6-13,15,18,22-23,25,27-39H2,1-5H3/b16-14+,19-17+,21-20+,26-24+/t40-/m1/s1. The Hall–Kier alpha value is -2.03. The van der Waals surface area contributed by atoms with E-state index in [1.165, 1.54) is 44.9 Å². The summed E-state index contributed by atoms with van der Waals surface area (Å²) in [6.45, 7) is 4.10. The minimum absolute atomic E-state index is 0.0399. The first-order valence-corrected chi connectivity index (χ1v) is 21.8. The van der Waals surface area contributed by atoms with Gasteiger partial charge in [0.2, 0.25) is 0 Å². The van der Waals surface area contributed by atoms with E-state index >= 15 is 0 Å². The van der Waals surface area contributed by atoms with E-state index in [2.05, 4.69) is 62.5 Å². The molecule has 0 aliphatic heterocycles. The average Bonchev–Trinajstić information content (AvgIpc) is 3.09. The Balaban J connectivity index is 4.50. The first-order chi connectivity index (χ1) is 25.0. The fourth-order valence-electron chi connectivity index (χ4n) is 5.07. The first-order valence-electron chi connectivity index (χ1n) is 20.3. The Kier molecular flexibility index (Phi) is 33.4. The molecule has 0 aliphatic carbocycles. The van der Waals surface area contributed by atoms with Crippen LogP contribution in [-0.2, 0) is 32.7 Å². The van der Waals surface area contributed by atoms with Crippen LogP contribution in [0.25, 0.3) is 0 Å². The third-order valence-electron chi connectivity index (χ3n) is 8.32. The minimum atomic E-state index is -4.63. The molecule has 0 saturated carbocycles. The molecule has 0 rings (SSSR count). The predicted molar refractivity (Wildman–Crippen MR) is 213 cm³/mol. The summed E-state index contributed by atoms with van der Waals surface area (Å²) in [4.78, 5) is 37.4. The Bertz CT molecular complexity index is 1030. The maximum Gasteiger partial charge on any atom is 0.306 e. The van der Waals surface area contributed by atoms with Gasteiger partial charge >= 0.3 is 11.9 Å². The molecule has 52 heavy (non-hydrogen) atoms. The largest absolute Gasteiger partial charge is 0.756 e. The van der Waals surface area contributed by atoms with Crippen LogP contribution in [0.2, 0.25) is 0 Å². The van der Waals surface area contributed by atoms with E-state index in [0.29, 0.717) is 23.9 Å². The lowest BCUT2D eigenvalue weighted by Crippen LogP contribution is -2.37. The van der Waals surface area contributed by atoms with Gasteiger partial charge in [0.15, 0.2) is 6.10 Å². The number of nitrogens with zero attached hydrogens (tertiary/aromatic N) is 1. The highest BCUT2D eigenvalue weighted by molar-refractivity contribution is 7.45. The number of quaternary nitrogens is 1. The van der Waals surface area contributed by atoms with Crippen LogP contribution >= 0.6 is 7.82 Å². The van der Waals surface area contributed by atoms with E-state index in [9.17, 15) is 19.0 Å². The van der Waals surface area contributed by atoms with Gasteiger partial charge in [-0.25, -0.2) is 0 Å². The number of esters is 2. The summed E-state index contributed by atoms with van der Waals surface area (Å²) in [7, 11) is 1.13. The normalized spacial score (nSPS) is 14.2. The highest BCUT2D eigenvalue weighted by atomic mass is 31.2. The van der Waals surface area contributed by atoms with Gasteiger partial charge in [-0.05, 0) is 77.0 Å². The molecule has 0 amide bonds. The molecule has 1 unspecified atom stereocenters. The van der Waals surface area contributed by atoms with Crippen molar-refractivity contribution in [2.24, 2.45) is 0 Å². The lowest BCUT2D eigenvalue weighted by Gasteiger charge is -2.28. The summed E-state index contributed by atoms with van der Waals surface area (Å²) in [6.07, 6.45) is 38.5. The van der Waals surface area contributed by atoms with Gasteiger partial charge in [0.1, 0.15) is 19.8 Å². The number of phosphoric acid groups is 1. The zero-order chi connectivity index (χ0) is 38.6. The molecular weight excluding hydrogens is 677 g/mol. The van der Waals surface area contributed by atoms with Gasteiger partial charge < -0.3 is 27.9 Å². The minimum Gasteiger partial charge on any atom is -0.756 e. The first kappa shape index (κ1) is 50.0. The smallest absolute Gasteiger partial charge is 0.306 e. The molecule has 9 nitrogen and oxygen atoms in total. The summed E-state index contributed by atoms with van der Waals surface area (Å²) >= 11 is 0. The maximum absolute atomic E-state index is 12.6. The van der Waals surface area contributed by atoms with Gasteiger partial charge in [-0.15, -0.1) is 0 Å². The number of likely N-dealkylation sites (N-methyl/N-ethyl adjacent to an activating group) is 1. The number of unbranched alkanes of at least 4 members (excludes halogenated alkanes) is 14. The summed E-state index contributed by atoms with van der Waals surface area (Å²) < 4.78 is 33.7. The van der Waals surface area contributed by atoms with E-state index < -0.39 is 32.5 Å². The molecule has 0 aromatic heterocycles. The van der Waals surface area contributed by atoms with Crippen LogP contribution in [-0.4, -0.2) is 70.0 Å². The van der Waals surface area contributed by atoms with Crippen molar-refractivity contribution in [3.63, 3.8) is 0 Å². The van der Waals surface area contributed by atoms with E-state index in [4.69, 9.17) is 18.5 Å². The van der Waals surface area contributed by atoms with E-state index in [1.807, 2.05) is 21.1 Å². The van der Waals surface area contributed by atoms with Crippen molar-refractivity contribution in [3.8, 4) is 0 Å². The van der Waals surface area contributed by atoms with Gasteiger partial charge in [-0.2, -0.15) is 0 Å². The van der Waals surface area contributed by atoms with Crippen molar-refractivity contribution in [1.29, 1.82) is 0 Å². The van der Waals surface area contributed by atoms with Crippen LogP contribution in [0.4, 0.5) is 0 Å². The number of hydrogen-bond donors (Lipinski definition) is 0. The average molecular weight is 754 g/mol. The number of phosphoric ester groups is 1. The molecular formula is C42H76NO8P. The highest BCUT2D eigenvalue weighted by Crippen LogP contribution is 2.38. The fraction of sp³-hybridized carbons (Fsp3) is 0.762. The second-order valence-electron chi connectivity index (χ2n) is 14.6. The molecule has 0 aliphatic rings. The maximum atomic E-state index is 12.6. The van der Waals surface area contributed by atoms with Crippen molar-refractivity contribution in [2.45, 2.75) is 161 Å². The molecule has 0 saturated heterocycles. The van der Waals surface area contributed by atoms with Crippen LogP contribution in [0.15, 0.2) is 48.6 Å². The molecule has 302 valence electrons. The second-order valence-corrected chi connectivity index (χ2v) is 16.1. The fourth-order valence-corrected chi connectivity index (χ4v) is 5.79. The van der Waals surface area contributed by atoms with Crippen molar-refractivity contribution in [3.05, 3.63) is 48.6 Å². The lowest BCUT2D eigenvalue weighted by molar-refractivity contribution is -0.870. The van der Waals surface area contributed by atoms with Crippen LogP contribution in [0.1, 0.15) is 155 Å². The number of carbonyl (C=O) groups excluding carboxylic acids is 2. The molecule has 0 aromatic rings. The molecule has 0 aromatic carbocycles. The lowest BCUT2D eigenvalue weighted by atomic mass is 10.1. The van der Waals surface area contributed by atoms with Crippen LogP contribution in [0.5, 0.6) is 0 Å². The molecule has 0 heterocycles. The summed E-state index contributed by atoms with van der Waals surface area (Å²) in [5, 5.41) is 0. The molecule has 0 N–H and O–H groups in total. The van der Waals surface area contributed by atoms with Crippen molar-refractivity contribution >= 4 is 19.8 Å². The Morgan fingerprint density at radius 2 is 1.04 bits per heavy atom. The van der Waals surface area contributed by atoms with Gasteiger partial charge in [0.25, 0.3) is 7.82 Å². The Morgan fingerprint density at radius 3 is 1.63 bits per heavy atom. The van der Waals surface area contributed by atoms with Crippen molar-refractivity contribution in [2.75, 3.05) is 47.5 Å². The Morgan fingerprint density at radius 1 is 0.596 bits per heavy atom. The van der Waals surface area contributed by atoms with Gasteiger partial charge in [-0.1, -0.05) is 114 Å². The number of ether oxygens (including phenoxy) is 2. The Labute approximate surface area is 318 Å². The molecule has 2 atom stereocenters. The zero-order valence-electron chi connectivity index (χ0n) is 33.7. The van der Waals surface area contributed by atoms with Gasteiger partial charge in [0.05, 0.1) is 27.7 Å². The zero-order valence-corrected chi connectivity index (χ0v) is 34.6. The van der Waals surface area contributed by atoms with Gasteiger partial charge in [-0.3, -0.25) is 14.2 Å². The quantitative estimate of drug-likeness (QED) is 0.0204. The van der Waals surface area contributed by atoms with Crippen molar-refractivity contribution < 1.29 is 42.1 Å². The van der Waals surface area contributed by atoms with E-state index in [0.717, 1.165) is 70.6 Å². The summed E-state index contributed by atoms with van der Waals surface area (Å²) in [6, 6.07) is 0. The van der Waals surface area contributed by atoms with Gasteiger partial charge in [0, 0.05) is 12.8 Å². The molecule has 10 heteroatoms. The molecule has 0 bridgehead atoms. The number of rotatable bonds is 36. The summed E-state index contributed by atoms with van der Waals surface area (Å²) in [5.41, 5.74) is 0. The molecule has 0 radical (unpaired) electrons. The monoisotopic (exact) mass is 754 g/mol. The third kappa shape index (κ3) is 37.7. The topological polar surface area (TPSA) is 111 Å². The number of carbonyl (C=O) groups is 2.